The first-order valence-corrected chi connectivity index (χ1v) is 5.46. The molecular formula is C12H15BrO2. The first-order valence-electron chi connectivity index (χ1n) is 4.67. The summed E-state index contributed by atoms with van der Waals surface area (Å²) in [5.74, 6) is 0.853. The van der Waals surface area contributed by atoms with Crippen LogP contribution in [0.4, 0.5) is 0 Å². The van der Waals surface area contributed by atoms with Gasteiger partial charge < -0.3 is 9.47 Å². The maximum absolute atomic E-state index is 5.39. The fraction of sp³-hybridized carbons (Fsp3) is 0.333. The summed E-state index contributed by atoms with van der Waals surface area (Å²) in [5.41, 5.74) is 1.12. The highest BCUT2D eigenvalue weighted by Gasteiger charge is 2.10. The highest BCUT2D eigenvalue weighted by atomic mass is 79.9. The molecule has 82 valence electrons. The minimum absolute atomic E-state index is 0.0442. The number of halogens is 1. The predicted molar refractivity (Wildman–Crippen MR) is 65.4 cm³/mol. The minimum Gasteiger partial charge on any atom is -0.497 e. The van der Waals surface area contributed by atoms with Crippen LogP contribution in [0.5, 0.6) is 5.75 Å². The van der Waals surface area contributed by atoms with Gasteiger partial charge in [-0.15, -0.1) is 0 Å². The van der Waals surface area contributed by atoms with E-state index in [-0.39, 0.29) is 6.10 Å². The summed E-state index contributed by atoms with van der Waals surface area (Å²) in [6.07, 6.45) is 0.811. The lowest BCUT2D eigenvalue weighted by Crippen LogP contribution is -2.01. The van der Waals surface area contributed by atoms with Crippen molar-refractivity contribution in [3.05, 3.63) is 40.9 Å². The molecule has 0 fully saturated rings. The minimum atomic E-state index is 0.0442. The first-order chi connectivity index (χ1) is 7.17. The number of rotatable bonds is 5. The van der Waals surface area contributed by atoms with Gasteiger partial charge in [-0.2, -0.15) is 0 Å². The van der Waals surface area contributed by atoms with Gasteiger partial charge in [-0.25, -0.2) is 0 Å². The van der Waals surface area contributed by atoms with Crippen molar-refractivity contribution >= 4 is 15.9 Å². The van der Waals surface area contributed by atoms with Gasteiger partial charge in [0, 0.05) is 13.5 Å². The second kappa shape index (κ2) is 5.93. The van der Waals surface area contributed by atoms with E-state index in [4.69, 9.17) is 9.47 Å². The summed E-state index contributed by atoms with van der Waals surface area (Å²) in [7, 11) is 3.36. The fourth-order valence-electron chi connectivity index (χ4n) is 1.36. The molecule has 1 aromatic carbocycles. The zero-order valence-corrected chi connectivity index (χ0v) is 10.6. The quantitative estimate of drug-likeness (QED) is 0.813. The molecule has 0 heterocycles. The maximum atomic E-state index is 5.39. The van der Waals surface area contributed by atoms with Crippen molar-refractivity contribution in [2.45, 2.75) is 12.5 Å². The maximum Gasteiger partial charge on any atom is 0.118 e. The third-order valence-corrected chi connectivity index (χ3v) is 2.50. The van der Waals surface area contributed by atoms with E-state index >= 15 is 0 Å². The Morgan fingerprint density at radius 1 is 1.33 bits per heavy atom. The molecule has 0 saturated carbocycles. The normalized spacial score (nSPS) is 12.2. The Kier molecular flexibility index (Phi) is 4.85. The molecule has 1 unspecified atom stereocenters. The summed E-state index contributed by atoms with van der Waals surface area (Å²) in [6, 6.07) is 7.86. The van der Waals surface area contributed by atoms with Gasteiger partial charge in [0.25, 0.3) is 0 Å². The van der Waals surface area contributed by atoms with E-state index in [0.717, 1.165) is 22.2 Å². The predicted octanol–water partition coefficient (Wildman–Crippen LogP) is 3.68. The van der Waals surface area contributed by atoms with E-state index in [9.17, 15) is 0 Å². The third kappa shape index (κ3) is 3.68. The molecule has 0 bridgehead atoms. The highest BCUT2D eigenvalue weighted by Crippen LogP contribution is 2.27. The number of hydrogen-bond donors (Lipinski definition) is 0. The molecule has 0 spiro atoms. The van der Waals surface area contributed by atoms with Crippen molar-refractivity contribution in [2.24, 2.45) is 0 Å². The van der Waals surface area contributed by atoms with Gasteiger partial charge in [-0.1, -0.05) is 34.6 Å². The topological polar surface area (TPSA) is 18.5 Å². The van der Waals surface area contributed by atoms with Gasteiger partial charge in [0.05, 0.1) is 13.2 Å². The van der Waals surface area contributed by atoms with E-state index in [1.807, 2.05) is 24.3 Å². The SMILES string of the molecule is C=C(Br)CC(OC)c1ccc(OC)cc1. The molecule has 1 atom stereocenters. The van der Waals surface area contributed by atoms with Crippen LogP contribution in [0.3, 0.4) is 0 Å². The van der Waals surface area contributed by atoms with Crippen LogP contribution >= 0.6 is 15.9 Å². The lowest BCUT2D eigenvalue weighted by Gasteiger charge is -2.15. The van der Waals surface area contributed by atoms with Crippen LogP contribution in [-0.4, -0.2) is 14.2 Å². The number of methoxy groups -OCH3 is 2. The molecule has 0 N–H and O–H groups in total. The van der Waals surface area contributed by atoms with Crippen molar-refractivity contribution < 1.29 is 9.47 Å². The van der Waals surface area contributed by atoms with E-state index in [0.29, 0.717) is 0 Å². The van der Waals surface area contributed by atoms with Crippen LogP contribution in [0, 0.1) is 0 Å². The highest BCUT2D eigenvalue weighted by molar-refractivity contribution is 9.11. The summed E-state index contributed by atoms with van der Waals surface area (Å²) < 4.78 is 11.4. The molecule has 0 aliphatic rings. The first kappa shape index (κ1) is 12.3. The smallest absolute Gasteiger partial charge is 0.118 e. The molecule has 0 aromatic heterocycles. The van der Waals surface area contributed by atoms with Crippen molar-refractivity contribution in [1.29, 1.82) is 0 Å². The zero-order chi connectivity index (χ0) is 11.3. The molecule has 0 aliphatic heterocycles. The summed E-state index contributed by atoms with van der Waals surface area (Å²) in [6.45, 7) is 3.81. The fourth-order valence-corrected chi connectivity index (χ4v) is 1.65. The van der Waals surface area contributed by atoms with Gasteiger partial charge in [-0.3, -0.25) is 0 Å². The molecular weight excluding hydrogens is 256 g/mol. The largest absolute Gasteiger partial charge is 0.497 e. The lowest BCUT2D eigenvalue weighted by atomic mass is 10.1. The Morgan fingerprint density at radius 3 is 2.33 bits per heavy atom. The number of ether oxygens (including phenoxy) is 2. The standard InChI is InChI=1S/C12H15BrO2/c1-9(13)8-12(15-3)10-4-6-11(14-2)7-5-10/h4-7,12H,1,8H2,2-3H3. The van der Waals surface area contributed by atoms with E-state index in [1.54, 1.807) is 14.2 Å². The Bertz CT molecular complexity index is 319. The van der Waals surface area contributed by atoms with Gasteiger partial charge in [-0.05, 0) is 22.2 Å². The molecule has 0 radical (unpaired) electrons. The lowest BCUT2D eigenvalue weighted by molar-refractivity contribution is 0.105. The Morgan fingerprint density at radius 2 is 1.93 bits per heavy atom. The number of benzene rings is 1. The number of hydrogen-bond acceptors (Lipinski definition) is 2. The van der Waals surface area contributed by atoms with Crippen molar-refractivity contribution in [2.75, 3.05) is 14.2 Å². The van der Waals surface area contributed by atoms with Crippen LogP contribution in [0.25, 0.3) is 0 Å². The summed E-state index contributed by atoms with van der Waals surface area (Å²) >= 11 is 3.34. The van der Waals surface area contributed by atoms with Crippen molar-refractivity contribution in [3.8, 4) is 5.75 Å². The summed E-state index contributed by atoms with van der Waals surface area (Å²) in [4.78, 5) is 0. The molecule has 1 rings (SSSR count). The third-order valence-electron chi connectivity index (χ3n) is 2.18. The average Bonchev–Trinajstić information content (AvgIpc) is 2.26. The van der Waals surface area contributed by atoms with E-state index in [1.165, 1.54) is 0 Å². The Labute approximate surface area is 99.0 Å². The van der Waals surface area contributed by atoms with Crippen LogP contribution in [-0.2, 0) is 4.74 Å². The van der Waals surface area contributed by atoms with Crippen LogP contribution in [0.1, 0.15) is 18.1 Å². The average molecular weight is 271 g/mol. The van der Waals surface area contributed by atoms with Gasteiger partial charge >= 0.3 is 0 Å². The van der Waals surface area contributed by atoms with Crippen molar-refractivity contribution in [3.63, 3.8) is 0 Å². The molecule has 3 heteroatoms. The molecule has 0 amide bonds. The molecule has 15 heavy (non-hydrogen) atoms. The van der Waals surface area contributed by atoms with Crippen molar-refractivity contribution in [1.82, 2.24) is 0 Å². The van der Waals surface area contributed by atoms with Gasteiger partial charge in [0.1, 0.15) is 5.75 Å². The van der Waals surface area contributed by atoms with E-state index in [2.05, 4.69) is 22.5 Å². The Hall–Kier alpha value is -0.800. The second-order valence-electron chi connectivity index (χ2n) is 3.22. The van der Waals surface area contributed by atoms with Crippen LogP contribution < -0.4 is 4.74 Å². The van der Waals surface area contributed by atoms with Gasteiger partial charge in [0.2, 0.25) is 0 Å². The Balaban J connectivity index is 2.78. The van der Waals surface area contributed by atoms with Crippen LogP contribution in [0.15, 0.2) is 35.3 Å². The molecule has 0 aliphatic carbocycles. The second-order valence-corrected chi connectivity index (χ2v) is 4.34. The molecule has 2 nitrogen and oxygen atoms in total. The van der Waals surface area contributed by atoms with Crippen LogP contribution in [0.2, 0.25) is 0 Å². The van der Waals surface area contributed by atoms with Gasteiger partial charge in [0.15, 0.2) is 0 Å². The molecule has 0 saturated heterocycles. The molecule has 1 aromatic rings. The van der Waals surface area contributed by atoms with E-state index < -0.39 is 0 Å². The zero-order valence-electron chi connectivity index (χ0n) is 9.00. The summed E-state index contributed by atoms with van der Waals surface area (Å²) in [5, 5.41) is 0. The monoisotopic (exact) mass is 270 g/mol.